The molecule has 3 amide bonds. The Bertz CT molecular complexity index is 680. The molecule has 1 aliphatic heterocycles. The van der Waals surface area contributed by atoms with E-state index in [4.69, 9.17) is 10.5 Å². The van der Waals surface area contributed by atoms with Crippen LogP contribution in [0.1, 0.15) is 12.5 Å². The molecule has 114 valence electrons. The molecular weight excluding hydrogens is 306 g/mol. The molecule has 0 saturated carbocycles. The molecule has 0 atom stereocenters. The molecule has 0 bridgehead atoms. The van der Waals surface area contributed by atoms with Crippen molar-refractivity contribution in [1.29, 1.82) is 0 Å². The van der Waals surface area contributed by atoms with Gasteiger partial charge < -0.3 is 15.8 Å². The van der Waals surface area contributed by atoms with Crippen LogP contribution in [0.3, 0.4) is 0 Å². The number of hydrogen-bond acceptors (Lipinski definition) is 5. The number of amides is 3. The van der Waals surface area contributed by atoms with Gasteiger partial charge in [0, 0.05) is 6.92 Å². The first-order chi connectivity index (χ1) is 10.4. The lowest BCUT2D eigenvalue weighted by atomic mass is 10.2. The van der Waals surface area contributed by atoms with Crippen LogP contribution in [-0.2, 0) is 14.4 Å². The standard InChI is InChI=1S/C14H13N3O4S/c1-8(18)16-14-17-13(20)11(22-14)6-9-2-4-10(5-3-9)21-7-12(15)19/h2-6H,7H2,1H3,(H2,15,19)(H,16,17,18,20). The Hall–Kier alpha value is -2.61. The number of primary amides is 1. The predicted molar refractivity (Wildman–Crippen MR) is 83.0 cm³/mol. The lowest BCUT2D eigenvalue weighted by Crippen LogP contribution is -2.23. The molecule has 0 aliphatic carbocycles. The van der Waals surface area contributed by atoms with Crippen LogP contribution in [0.25, 0.3) is 6.08 Å². The summed E-state index contributed by atoms with van der Waals surface area (Å²) in [5, 5.41) is 2.74. The van der Waals surface area contributed by atoms with E-state index in [2.05, 4.69) is 10.3 Å². The molecular formula is C14H13N3O4S. The highest BCUT2D eigenvalue weighted by molar-refractivity contribution is 8.18. The monoisotopic (exact) mass is 319 g/mol. The van der Waals surface area contributed by atoms with Crippen LogP contribution in [0.2, 0.25) is 0 Å². The summed E-state index contributed by atoms with van der Waals surface area (Å²) >= 11 is 1.10. The summed E-state index contributed by atoms with van der Waals surface area (Å²) < 4.78 is 5.14. The summed E-state index contributed by atoms with van der Waals surface area (Å²) in [6, 6.07) is 6.78. The van der Waals surface area contributed by atoms with Crippen molar-refractivity contribution in [1.82, 2.24) is 5.32 Å². The Kier molecular flexibility index (Phi) is 4.95. The van der Waals surface area contributed by atoms with Gasteiger partial charge >= 0.3 is 0 Å². The molecule has 2 rings (SSSR count). The first-order valence-corrected chi connectivity index (χ1v) is 7.07. The fourth-order valence-corrected chi connectivity index (χ4v) is 2.44. The summed E-state index contributed by atoms with van der Waals surface area (Å²) in [6.45, 7) is 1.16. The number of carbonyl (C=O) groups is 3. The number of ether oxygens (including phenoxy) is 1. The highest BCUT2D eigenvalue weighted by Crippen LogP contribution is 2.27. The predicted octanol–water partition coefficient (Wildman–Crippen LogP) is 0.657. The Morgan fingerprint density at radius 3 is 2.64 bits per heavy atom. The van der Waals surface area contributed by atoms with Crippen molar-refractivity contribution in [3.63, 3.8) is 0 Å². The number of nitrogens with one attached hydrogen (secondary N) is 1. The van der Waals surface area contributed by atoms with Crippen LogP contribution in [0.4, 0.5) is 0 Å². The minimum absolute atomic E-state index is 0.192. The van der Waals surface area contributed by atoms with E-state index >= 15 is 0 Å². The number of aliphatic imine (C=N–C) groups is 1. The van der Waals surface area contributed by atoms with Crippen molar-refractivity contribution >= 4 is 40.7 Å². The smallest absolute Gasteiger partial charge is 0.286 e. The SMILES string of the molecule is CC(=O)NC1=NC(=O)C(=Cc2ccc(OCC(N)=O)cc2)S1. The van der Waals surface area contributed by atoms with E-state index in [0.29, 0.717) is 10.7 Å². The number of thioether (sulfide) groups is 1. The quantitative estimate of drug-likeness (QED) is 0.792. The van der Waals surface area contributed by atoms with Gasteiger partial charge in [0.05, 0.1) is 4.91 Å². The highest BCUT2D eigenvalue weighted by atomic mass is 32.2. The fraction of sp³-hybridized carbons (Fsp3) is 0.143. The van der Waals surface area contributed by atoms with E-state index in [1.165, 1.54) is 6.92 Å². The molecule has 0 fully saturated rings. The molecule has 3 N–H and O–H groups in total. The molecule has 1 aliphatic rings. The lowest BCUT2D eigenvalue weighted by Gasteiger charge is -2.03. The maximum Gasteiger partial charge on any atom is 0.286 e. The van der Waals surface area contributed by atoms with Gasteiger partial charge in [-0.2, -0.15) is 4.99 Å². The van der Waals surface area contributed by atoms with Crippen LogP contribution in [-0.4, -0.2) is 29.5 Å². The Morgan fingerprint density at radius 1 is 1.36 bits per heavy atom. The Morgan fingerprint density at radius 2 is 2.05 bits per heavy atom. The van der Waals surface area contributed by atoms with Crippen molar-refractivity contribution in [3.05, 3.63) is 34.7 Å². The van der Waals surface area contributed by atoms with Gasteiger partial charge in [0.25, 0.3) is 11.8 Å². The van der Waals surface area contributed by atoms with Crippen molar-refractivity contribution in [2.75, 3.05) is 6.61 Å². The molecule has 0 radical (unpaired) electrons. The molecule has 0 spiro atoms. The van der Waals surface area contributed by atoms with Crippen LogP contribution in [0.5, 0.6) is 5.75 Å². The minimum Gasteiger partial charge on any atom is -0.484 e. The van der Waals surface area contributed by atoms with Gasteiger partial charge in [-0.1, -0.05) is 12.1 Å². The van der Waals surface area contributed by atoms with Gasteiger partial charge in [0.2, 0.25) is 5.91 Å². The number of benzene rings is 1. The van der Waals surface area contributed by atoms with E-state index in [-0.39, 0.29) is 17.7 Å². The average molecular weight is 319 g/mol. The van der Waals surface area contributed by atoms with Crippen molar-refractivity contribution in [2.24, 2.45) is 10.7 Å². The highest BCUT2D eigenvalue weighted by Gasteiger charge is 2.22. The van der Waals surface area contributed by atoms with Crippen LogP contribution in [0.15, 0.2) is 34.2 Å². The minimum atomic E-state index is -0.554. The lowest BCUT2D eigenvalue weighted by molar-refractivity contribution is -0.120. The molecule has 7 nitrogen and oxygen atoms in total. The summed E-state index contributed by atoms with van der Waals surface area (Å²) in [5.74, 6) is -0.734. The number of nitrogens with two attached hydrogens (primary N) is 1. The third-order valence-corrected chi connectivity index (χ3v) is 3.36. The van der Waals surface area contributed by atoms with E-state index in [1.54, 1.807) is 30.3 Å². The summed E-state index contributed by atoms with van der Waals surface area (Å²) in [6.07, 6.45) is 1.66. The van der Waals surface area contributed by atoms with Gasteiger partial charge in [0.1, 0.15) is 5.75 Å². The molecule has 0 saturated heterocycles. The molecule has 1 aromatic carbocycles. The van der Waals surface area contributed by atoms with Crippen LogP contribution in [0, 0.1) is 0 Å². The van der Waals surface area contributed by atoms with E-state index in [0.717, 1.165) is 17.3 Å². The maximum absolute atomic E-state index is 11.7. The van der Waals surface area contributed by atoms with Gasteiger partial charge in [-0.3, -0.25) is 14.4 Å². The van der Waals surface area contributed by atoms with E-state index in [1.807, 2.05) is 0 Å². The van der Waals surface area contributed by atoms with Gasteiger partial charge in [-0.15, -0.1) is 0 Å². The number of nitrogens with zero attached hydrogens (tertiary/aromatic N) is 1. The number of hydrogen-bond donors (Lipinski definition) is 2. The summed E-state index contributed by atoms with van der Waals surface area (Å²) in [5.41, 5.74) is 5.75. The summed E-state index contributed by atoms with van der Waals surface area (Å²) in [7, 11) is 0. The number of rotatable bonds is 4. The zero-order valence-electron chi connectivity index (χ0n) is 11.7. The third-order valence-electron chi connectivity index (χ3n) is 2.46. The zero-order valence-corrected chi connectivity index (χ0v) is 12.5. The molecule has 8 heteroatoms. The van der Waals surface area contributed by atoms with Gasteiger partial charge in [-0.25, -0.2) is 0 Å². The second kappa shape index (κ2) is 6.90. The van der Waals surface area contributed by atoms with E-state index < -0.39 is 11.8 Å². The van der Waals surface area contributed by atoms with Crippen LogP contribution < -0.4 is 15.8 Å². The first-order valence-electron chi connectivity index (χ1n) is 6.25. The van der Waals surface area contributed by atoms with Crippen molar-refractivity contribution in [2.45, 2.75) is 6.92 Å². The second-order valence-electron chi connectivity index (χ2n) is 4.34. The Balaban J connectivity index is 2.03. The molecule has 1 heterocycles. The molecule has 22 heavy (non-hydrogen) atoms. The van der Waals surface area contributed by atoms with Gasteiger partial charge in [0.15, 0.2) is 11.8 Å². The fourth-order valence-electron chi connectivity index (χ4n) is 1.58. The Labute approximate surface area is 130 Å². The largest absolute Gasteiger partial charge is 0.484 e. The number of amidine groups is 1. The van der Waals surface area contributed by atoms with Gasteiger partial charge in [-0.05, 0) is 35.5 Å². The topological polar surface area (TPSA) is 111 Å². The molecule has 0 unspecified atom stereocenters. The molecule has 1 aromatic rings. The van der Waals surface area contributed by atoms with Crippen molar-refractivity contribution < 1.29 is 19.1 Å². The van der Waals surface area contributed by atoms with Crippen molar-refractivity contribution in [3.8, 4) is 5.75 Å². The van der Waals surface area contributed by atoms with E-state index in [9.17, 15) is 14.4 Å². The van der Waals surface area contributed by atoms with Crippen LogP contribution >= 0.6 is 11.8 Å². The third kappa shape index (κ3) is 4.45. The molecule has 0 aromatic heterocycles. The normalized spacial score (nSPS) is 15.6. The number of carbonyl (C=O) groups excluding carboxylic acids is 3. The summed E-state index contributed by atoms with van der Waals surface area (Å²) in [4.78, 5) is 37.4. The maximum atomic E-state index is 11.7. The second-order valence-corrected chi connectivity index (χ2v) is 5.37. The zero-order chi connectivity index (χ0) is 16.1. The first kappa shape index (κ1) is 15.8. The average Bonchev–Trinajstić information content (AvgIpc) is 2.77.